The van der Waals surface area contributed by atoms with E-state index in [4.69, 9.17) is 9.88 Å². The molecule has 1 heterocycles. The van der Waals surface area contributed by atoms with Crippen LogP contribution in [-0.4, -0.2) is 31.5 Å². The smallest absolute Gasteiger partial charge is 0.326 e. The molecule has 0 bridgehead atoms. The van der Waals surface area contributed by atoms with Gasteiger partial charge in [0.05, 0.1) is 21.7 Å². The molecule has 1 amide bonds. The van der Waals surface area contributed by atoms with Gasteiger partial charge in [0.25, 0.3) is 5.91 Å². The van der Waals surface area contributed by atoms with Gasteiger partial charge in [-0.15, -0.1) is 0 Å². The first-order chi connectivity index (χ1) is 14.1. The largest absolute Gasteiger partial charge is 0.465 e. The topological polar surface area (TPSA) is 121 Å². The molecule has 3 aromatic rings. The summed E-state index contributed by atoms with van der Waals surface area (Å²) in [7, 11) is -3.90. The fourth-order valence-corrected chi connectivity index (χ4v) is 4.51. The number of rotatable bonds is 5. The average Bonchev–Trinajstić information content (AvgIpc) is 2.99. The molecule has 1 aromatic heterocycles. The van der Waals surface area contributed by atoms with Gasteiger partial charge in [-0.05, 0) is 62.2 Å². The standard InChI is InChI=1S/C20H21N3O5S2/c1-4-28-18(24)11-23-16-8-7-15(30(21,26)27)10-17(16)29-20(23)22-19(25)14-6-5-12(2)13(3)9-14/h5-10H,4,11H2,1-3H3,(H2,21,26,27). The molecule has 0 unspecified atom stereocenters. The van der Waals surface area contributed by atoms with Gasteiger partial charge in [-0.1, -0.05) is 17.4 Å². The SMILES string of the molecule is CCOC(=O)Cn1c(=NC(=O)c2ccc(C)c(C)c2)sc2cc(S(N)(=O)=O)ccc21. The van der Waals surface area contributed by atoms with Crippen LogP contribution in [0.15, 0.2) is 46.3 Å². The molecule has 0 aliphatic carbocycles. The van der Waals surface area contributed by atoms with Crippen LogP contribution in [0, 0.1) is 13.8 Å². The summed E-state index contributed by atoms with van der Waals surface area (Å²) in [6.45, 7) is 5.60. The second-order valence-corrected chi connectivity index (χ2v) is 9.24. The Kier molecular flexibility index (Phi) is 6.20. The first-order valence-electron chi connectivity index (χ1n) is 9.08. The van der Waals surface area contributed by atoms with E-state index in [1.807, 2.05) is 19.9 Å². The minimum Gasteiger partial charge on any atom is -0.465 e. The Hall–Kier alpha value is -2.82. The lowest BCUT2D eigenvalue weighted by atomic mass is 10.1. The fraction of sp³-hybridized carbons (Fsp3) is 0.250. The molecular weight excluding hydrogens is 426 g/mol. The number of aromatic nitrogens is 1. The summed E-state index contributed by atoms with van der Waals surface area (Å²) in [5.74, 6) is -0.957. The Morgan fingerprint density at radius 1 is 1.13 bits per heavy atom. The molecular formula is C20H21N3O5S2. The summed E-state index contributed by atoms with van der Waals surface area (Å²) in [4.78, 5) is 29.2. The summed E-state index contributed by atoms with van der Waals surface area (Å²) < 4.78 is 30.4. The lowest BCUT2D eigenvalue weighted by Gasteiger charge is -2.06. The number of esters is 1. The molecule has 2 aromatic carbocycles. The van der Waals surface area contributed by atoms with Gasteiger partial charge in [0.1, 0.15) is 6.54 Å². The number of hydrogen-bond acceptors (Lipinski definition) is 6. The number of amides is 1. The van der Waals surface area contributed by atoms with E-state index in [2.05, 4.69) is 4.99 Å². The van der Waals surface area contributed by atoms with Crippen molar-refractivity contribution in [2.45, 2.75) is 32.2 Å². The van der Waals surface area contributed by atoms with Gasteiger partial charge in [-0.25, -0.2) is 13.6 Å². The number of benzene rings is 2. The van der Waals surface area contributed by atoms with Crippen LogP contribution in [0.25, 0.3) is 10.2 Å². The highest BCUT2D eigenvalue weighted by atomic mass is 32.2. The monoisotopic (exact) mass is 447 g/mol. The van der Waals surface area contributed by atoms with Crippen molar-refractivity contribution in [3.8, 4) is 0 Å². The molecule has 0 spiro atoms. The lowest BCUT2D eigenvalue weighted by molar-refractivity contribution is -0.143. The normalized spacial score (nSPS) is 12.3. The van der Waals surface area contributed by atoms with E-state index in [9.17, 15) is 18.0 Å². The van der Waals surface area contributed by atoms with Gasteiger partial charge in [0.2, 0.25) is 10.0 Å². The summed E-state index contributed by atoms with van der Waals surface area (Å²) >= 11 is 1.09. The van der Waals surface area contributed by atoms with E-state index < -0.39 is 21.9 Å². The summed E-state index contributed by atoms with van der Waals surface area (Å²) in [5, 5.41) is 5.21. The second-order valence-electron chi connectivity index (χ2n) is 6.67. The Bertz CT molecular complexity index is 1320. The van der Waals surface area contributed by atoms with Gasteiger partial charge >= 0.3 is 5.97 Å². The number of aryl methyl sites for hydroxylation is 2. The molecule has 0 atom stereocenters. The van der Waals surface area contributed by atoms with E-state index in [0.29, 0.717) is 15.8 Å². The average molecular weight is 448 g/mol. The maximum atomic E-state index is 12.7. The highest BCUT2D eigenvalue weighted by molar-refractivity contribution is 7.89. The van der Waals surface area contributed by atoms with Crippen LogP contribution in [0.5, 0.6) is 0 Å². The van der Waals surface area contributed by atoms with Crippen molar-refractivity contribution in [2.75, 3.05) is 6.61 Å². The van der Waals surface area contributed by atoms with E-state index >= 15 is 0 Å². The highest BCUT2D eigenvalue weighted by Gasteiger charge is 2.16. The van der Waals surface area contributed by atoms with Crippen molar-refractivity contribution in [3.05, 3.63) is 57.9 Å². The minimum atomic E-state index is -3.90. The Morgan fingerprint density at radius 3 is 2.50 bits per heavy atom. The zero-order valence-electron chi connectivity index (χ0n) is 16.7. The number of carbonyl (C=O) groups excluding carboxylic acids is 2. The number of hydrogen-bond donors (Lipinski definition) is 1. The first kappa shape index (κ1) is 21.9. The van der Waals surface area contributed by atoms with Crippen molar-refractivity contribution < 1.29 is 22.7 Å². The van der Waals surface area contributed by atoms with Crippen LogP contribution in [0.1, 0.15) is 28.4 Å². The van der Waals surface area contributed by atoms with Crippen LogP contribution in [0.3, 0.4) is 0 Å². The van der Waals surface area contributed by atoms with Gasteiger partial charge in [0, 0.05) is 5.56 Å². The van der Waals surface area contributed by atoms with E-state index in [1.165, 1.54) is 22.8 Å². The summed E-state index contributed by atoms with van der Waals surface area (Å²) in [6.07, 6.45) is 0. The molecule has 30 heavy (non-hydrogen) atoms. The molecule has 0 saturated heterocycles. The zero-order chi connectivity index (χ0) is 22.1. The molecule has 0 fully saturated rings. The fourth-order valence-electron chi connectivity index (χ4n) is 2.83. The maximum Gasteiger partial charge on any atom is 0.326 e. The molecule has 3 rings (SSSR count). The molecule has 10 heteroatoms. The van der Waals surface area contributed by atoms with Crippen molar-refractivity contribution >= 4 is 43.5 Å². The lowest BCUT2D eigenvalue weighted by Crippen LogP contribution is -2.23. The third kappa shape index (κ3) is 4.66. The van der Waals surface area contributed by atoms with Crippen molar-refractivity contribution in [1.29, 1.82) is 0 Å². The third-order valence-electron chi connectivity index (χ3n) is 4.53. The van der Waals surface area contributed by atoms with Crippen molar-refractivity contribution in [3.63, 3.8) is 0 Å². The maximum absolute atomic E-state index is 12.7. The number of ether oxygens (including phenoxy) is 1. The van der Waals surface area contributed by atoms with Crippen LogP contribution in [-0.2, 0) is 26.1 Å². The molecule has 0 aliphatic heterocycles. The van der Waals surface area contributed by atoms with Crippen molar-refractivity contribution in [2.24, 2.45) is 10.1 Å². The number of primary sulfonamides is 1. The quantitative estimate of drug-likeness (QED) is 0.602. The predicted molar refractivity (Wildman–Crippen MR) is 114 cm³/mol. The number of carbonyl (C=O) groups is 2. The Labute approximate surface area is 177 Å². The second kappa shape index (κ2) is 8.50. The Balaban J connectivity index is 2.17. The number of sulfonamides is 1. The van der Waals surface area contributed by atoms with Crippen LogP contribution in [0.2, 0.25) is 0 Å². The predicted octanol–water partition coefficient (Wildman–Crippen LogP) is 2.27. The van der Waals surface area contributed by atoms with Crippen LogP contribution in [0.4, 0.5) is 0 Å². The van der Waals surface area contributed by atoms with Gasteiger partial charge < -0.3 is 9.30 Å². The van der Waals surface area contributed by atoms with Crippen LogP contribution >= 0.6 is 11.3 Å². The van der Waals surface area contributed by atoms with E-state index in [0.717, 1.165) is 22.5 Å². The number of fused-ring (bicyclic) bond motifs is 1. The molecule has 0 aliphatic rings. The zero-order valence-corrected chi connectivity index (χ0v) is 18.3. The molecule has 158 valence electrons. The van der Waals surface area contributed by atoms with Gasteiger partial charge in [-0.3, -0.25) is 9.59 Å². The van der Waals surface area contributed by atoms with Crippen LogP contribution < -0.4 is 9.94 Å². The molecule has 2 N–H and O–H groups in total. The molecule has 8 nitrogen and oxygen atoms in total. The third-order valence-corrected chi connectivity index (χ3v) is 6.48. The molecule has 0 saturated carbocycles. The first-order valence-corrected chi connectivity index (χ1v) is 11.4. The molecule has 0 radical (unpaired) electrons. The van der Waals surface area contributed by atoms with Gasteiger partial charge in [0.15, 0.2) is 4.80 Å². The van der Waals surface area contributed by atoms with E-state index in [-0.39, 0.29) is 22.8 Å². The summed E-state index contributed by atoms with van der Waals surface area (Å²) in [6, 6.07) is 9.56. The van der Waals surface area contributed by atoms with Crippen molar-refractivity contribution in [1.82, 2.24) is 4.57 Å². The van der Waals surface area contributed by atoms with E-state index in [1.54, 1.807) is 19.1 Å². The Morgan fingerprint density at radius 2 is 1.87 bits per heavy atom. The van der Waals surface area contributed by atoms with Gasteiger partial charge in [-0.2, -0.15) is 4.99 Å². The summed E-state index contributed by atoms with van der Waals surface area (Å²) in [5.41, 5.74) is 2.99. The highest BCUT2D eigenvalue weighted by Crippen LogP contribution is 2.21. The number of nitrogens with two attached hydrogens (primary N) is 1. The number of thiazole rings is 1. The number of nitrogens with zero attached hydrogens (tertiary/aromatic N) is 2. The minimum absolute atomic E-state index is 0.0634.